The summed E-state index contributed by atoms with van der Waals surface area (Å²) in [6.45, 7) is -0.297. The van der Waals surface area contributed by atoms with E-state index in [1.54, 1.807) is 18.2 Å². The Hall–Kier alpha value is -3.91. The first-order chi connectivity index (χ1) is 14.8. The number of hydrogen-bond donors (Lipinski definition) is 3. The van der Waals surface area contributed by atoms with Crippen molar-refractivity contribution in [1.29, 1.82) is 0 Å². The lowest BCUT2D eigenvalue weighted by molar-refractivity contribution is -0.119. The molecule has 3 rings (SSSR count). The zero-order valence-corrected chi connectivity index (χ0v) is 16.8. The Morgan fingerprint density at radius 1 is 0.935 bits per heavy atom. The number of carbonyl (C=O) groups is 3. The van der Waals surface area contributed by atoms with Gasteiger partial charge in [0, 0.05) is 22.3 Å². The number of halogens is 2. The zero-order chi connectivity index (χ0) is 22.4. The quantitative estimate of drug-likeness (QED) is 0.517. The third-order valence-electron chi connectivity index (χ3n) is 4.05. The van der Waals surface area contributed by atoms with Gasteiger partial charge in [0.1, 0.15) is 11.6 Å². The predicted molar refractivity (Wildman–Crippen MR) is 115 cm³/mol. The summed E-state index contributed by atoms with van der Waals surface area (Å²) < 4.78 is 18.3. The van der Waals surface area contributed by atoms with Crippen LogP contribution >= 0.6 is 11.6 Å². The average molecular weight is 442 g/mol. The summed E-state index contributed by atoms with van der Waals surface area (Å²) in [6.07, 6.45) is 0. The standard InChI is InChI=1S/C22H17ClFN3O4/c23-14-6-9-18(19(10-14)27-21(29)13-4-7-15(24)8-5-13)22(30)26-16-2-1-3-17(11-16)31-12-20(25)28/h1-11H,12H2,(H2,25,28)(H,26,30)(H,27,29). The maximum Gasteiger partial charge on any atom is 0.257 e. The second-order valence-corrected chi connectivity index (χ2v) is 6.82. The summed E-state index contributed by atoms with van der Waals surface area (Å²) in [5, 5.41) is 5.62. The van der Waals surface area contributed by atoms with Gasteiger partial charge in [0.2, 0.25) is 0 Å². The van der Waals surface area contributed by atoms with Crippen LogP contribution in [-0.4, -0.2) is 24.3 Å². The molecule has 0 saturated heterocycles. The van der Waals surface area contributed by atoms with Crippen LogP contribution in [0, 0.1) is 5.82 Å². The minimum atomic E-state index is -0.628. The van der Waals surface area contributed by atoms with Crippen LogP contribution in [0.5, 0.6) is 5.75 Å². The van der Waals surface area contributed by atoms with Crippen LogP contribution in [0.1, 0.15) is 20.7 Å². The lowest BCUT2D eigenvalue weighted by Gasteiger charge is -2.13. The number of ether oxygens (including phenoxy) is 1. The minimum Gasteiger partial charge on any atom is -0.484 e. The molecule has 0 radical (unpaired) electrons. The molecule has 7 nitrogen and oxygen atoms in total. The fraction of sp³-hybridized carbons (Fsp3) is 0.0455. The van der Waals surface area contributed by atoms with E-state index in [1.165, 1.54) is 36.4 Å². The number of anilines is 2. The highest BCUT2D eigenvalue weighted by atomic mass is 35.5. The molecule has 3 amide bonds. The molecular weight excluding hydrogens is 425 g/mol. The number of nitrogens with one attached hydrogen (secondary N) is 2. The van der Waals surface area contributed by atoms with Gasteiger partial charge in [-0.1, -0.05) is 17.7 Å². The monoisotopic (exact) mass is 441 g/mol. The van der Waals surface area contributed by atoms with Gasteiger partial charge < -0.3 is 21.1 Å². The first kappa shape index (κ1) is 21.8. The maximum atomic E-state index is 13.1. The van der Waals surface area contributed by atoms with E-state index in [1.807, 2.05) is 0 Å². The third-order valence-corrected chi connectivity index (χ3v) is 4.29. The summed E-state index contributed by atoms with van der Waals surface area (Å²) in [5.74, 6) is -1.80. The predicted octanol–water partition coefficient (Wildman–Crippen LogP) is 3.85. The van der Waals surface area contributed by atoms with Crippen molar-refractivity contribution in [2.24, 2.45) is 5.73 Å². The van der Waals surface area contributed by atoms with Crippen LogP contribution in [0.2, 0.25) is 5.02 Å². The van der Waals surface area contributed by atoms with E-state index in [-0.39, 0.29) is 23.4 Å². The molecular formula is C22H17ClFN3O4. The van der Waals surface area contributed by atoms with E-state index < -0.39 is 23.5 Å². The van der Waals surface area contributed by atoms with Gasteiger partial charge in [0.25, 0.3) is 17.7 Å². The van der Waals surface area contributed by atoms with E-state index in [0.717, 1.165) is 12.1 Å². The van der Waals surface area contributed by atoms with Crippen LogP contribution in [0.3, 0.4) is 0 Å². The molecule has 0 spiro atoms. The highest BCUT2D eigenvalue weighted by Crippen LogP contribution is 2.24. The van der Waals surface area contributed by atoms with Gasteiger partial charge in [-0.3, -0.25) is 14.4 Å². The summed E-state index contributed by atoms with van der Waals surface area (Å²) >= 11 is 6.03. The molecule has 0 unspecified atom stereocenters. The Bertz CT molecular complexity index is 1140. The van der Waals surface area contributed by atoms with Crippen molar-refractivity contribution in [3.05, 3.63) is 88.7 Å². The van der Waals surface area contributed by atoms with E-state index in [0.29, 0.717) is 16.5 Å². The fourth-order valence-electron chi connectivity index (χ4n) is 2.63. The Labute approximate surface area is 182 Å². The molecule has 3 aromatic rings. The SMILES string of the molecule is NC(=O)COc1cccc(NC(=O)c2ccc(Cl)cc2NC(=O)c2ccc(F)cc2)c1. The molecule has 31 heavy (non-hydrogen) atoms. The van der Waals surface area contributed by atoms with Crippen molar-refractivity contribution in [2.75, 3.05) is 17.2 Å². The summed E-state index contributed by atoms with van der Waals surface area (Å²) in [7, 11) is 0. The fourth-order valence-corrected chi connectivity index (χ4v) is 2.80. The second kappa shape index (κ2) is 9.73. The normalized spacial score (nSPS) is 10.3. The Balaban J connectivity index is 1.79. The molecule has 0 aliphatic heterocycles. The highest BCUT2D eigenvalue weighted by Gasteiger charge is 2.16. The summed E-state index contributed by atoms with van der Waals surface area (Å²) in [5.41, 5.74) is 6.01. The van der Waals surface area contributed by atoms with Gasteiger partial charge in [0.05, 0.1) is 11.3 Å². The summed E-state index contributed by atoms with van der Waals surface area (Å²) in [6, 6.07) is 15.8. The third kappa shape index (κ3) is 6.03. The van der Waals surface area contributed by atoms with Gasteiger partial charge in [-0.25, -0.2) is 4.39 Å². The van der Waals surface area contributed by atoms with Gasteiger partial charge in [-0.2, -0.15) is 0 Å². The minimum absolute atomic E-state index is 0.156. The molecule has 4 N–H and O–H groups in total. The Morgan fingerprint density at radius 2 is 1.68 bits per heavy atom. The van der Waals surface area contributed by atoms with Crippen molar-refractivity contribution in [3.63, 3.8) is 0 Å². The van der Waals surface area contributed by atoms with Crippen molar-refractivity contribution < 1.29 is 23.5 Å². The van der Waals surface area contributed by atoms with Gasteiger partial charge in [0.15, 0.2) is 6.61 Å². The lowest BCUT2D eigenvalue weighted by Crippen LogP contribution is -2.20. The molecule has 0 aromatic heterocycles. The molecule has 0 fully saturated rings. The number of amides is 3. The molecule has 0 atom stereocenters. The largest absolute Gasteiger partial charge is 0.484 e. The highest BCUT2D eigenvalue weighted by molar-refractivity contribution is 6.31. The molecule has 158 valence electrons. The topological polar surface area (TPSA) is 111 Å². The second-order valence-electron chi connectivity index (χ2n) is 6.39. The smallest absolute Gasteiger partial charge is 0.257 e. The van der Waals surface area contributed by atoms with Crippen LogP contribution < -0.4 is 21.1 Å². The number of primary amides is 1. The molecule has 0 aliphatic carbocycles. The maximum absolute atomic E-state index is 13.1. The van der Waals surface area contributed by atoms with Gasteiger partial charge in [-0.05, 0) is 54.6 Å². The summed E-state index contributed by atoms with van der Waals surface area (Å²) in [4.78, 5) is 36.2. The number of nitrogens with two attached hydrogens (primary N) is 1. The molecule has 3 aromatic carbocycles. The van der Waals surface area contributed by atoms with Gasteiger partial charge in [-0.15, -0.1) is 0 Å². The molecule has 0 aliphatic rings. The van der Waals surface area contributed by atoms with E-state index >= 15 is 0 Å². The number of benzene rings is 3. The van der Waals surface area contributed by atoms with E-state index in [2.05, 4.69) is 10.6 Å². The molecule has 9 heteroatoms. The Morgan fingerprint density at radius 3 is 2.39 bits per heavy atom. The van der Waals surface area contributed by atoms with Crippen molar-refractivity contribution in [2.45, 2.75) is 0 Å². The van der Waals surface area contributed by atoms with Crippen molar-refractivity contribution in [3.8, 4) is 5.75 Å². The van der Waals surface area contributed by atoms with Crippen molar-refractivity contribution >= 4 is 40.7 Å². The number of rotatable bonds is 7. The first-order valence-electron chi connectivity index (χ1n) is 9.01. The molecule has 0 saturated carbocycles. The van der Waals surface area contributed by atoms with Crippen LogP contribution in [0.4, 0.5) is 15.8 Å². The molecule has 0 heterocycles. The van der Waals surface area contributed by atoms with Crippen LogP contribution in [0.25, 0.3) is 0 Å². The van der Waals surface area contributed by atoms with E-state index in [9.17, 15) is 18.8 Å². The Kier molecular flexibility index (Phi) is 6.84. The van der Waals surface area contributed by atoms with Crippen LogP contribution in [-0.2, 0) is 4.79 Å². The number of carbonyl (C=O) groups excluding carboxylic acids is 3. The lowest BCUT2D eigenvalue weighted by atomic mass is 10.1. The average Bonchev–Trinajstić information content (AvgIpc) is 2.73. The zero-order valence-electron chi connectivity index (χ0n) is 16.0. The van der Waals surface area contributed by atoms with E-state index in [4.69, 9.17) is 22.1 Å². The van der Waals surface area contributed by atoms with Crippen molar-refractivity contribution in [1.82, 2.24) is 0 Å². The van der Waals surface area contributed by atoms with Gasteiger partial charge >= 0.3 is 0 Å². The first-order valence-corrected chi connectivity index (χ1v) is 9.38. The number of hydrogen-bond acceptors (Lipinski definition) is 4. The molecule has 0 bridgehead atoms. The van der Waals surface area contributed by atoms with Crippen LogP contribution in [0.15, 0.2) is 66.7 Å².